The minimum Gasteiger partial charge on any atom is -0.465 e. The van der Waals surface area contributed by atoms with Crippen LogP contribution in [0.5, 0.6) is 0 Å². The van der Waals surface area contributed by atoms with E-state index in [1.165, 1.54) is 7.11 Å². The van der Waals surface area contributed by atoms with Gasteiger partial charge in [-0.05, 0) is 17.7 Å². The maximum absolute atomic E-state index is 11.7. The Balaban J connectivity index is 2.12. The number of methoxy groups -OCH3 is 2. The Morgan fingerprint density at radius 2 is 2.09 bits per heavy atom. The molecule has 0 radical (unpaired) electrons. The number of carbonyl (C=O) groups excluding carboxylic acids is 1. The highest BCUT2D eigenvalue weighted by atomic mass is 16.5. The molecule has 22 heavy (non-hydrogen) atoms. The number of benzene rings is 1. The van der Waals surface area contributed by atoms with Gasteiger partial charge in [0.2, 0.25) is 0 Å². The van der Waals surface area contributed by atoms with Gasteiger partial charge in [-0.25, -0.2) is 4.79 Å². The standard InChI is InChI=1S/C16H24N2O4/c1-20-8-5-17-15-11-13(16(19)21-2)3-4-14(15)12-18-6-9-22-10-7-18/h3-4,11,17H,5-10,12H2,1-2H3. The van der Waals surface area contributed by atoms with Crippen molar-refractivity contribution in [2.24, 2.45) is 0 Å². The van der Waals surface area contributed by atoms with Gasteiger partial charge in [0.1, 0.15) is 0 Å². The molecule has 0 bridgehead atoms. The predicted molar refractivity (Wildman–Crippen MR) is 84.2 cm³/mol. The topological polar surface area (TPSA) is 60.0 Å². The molecule has 6 heteroatoms. The third-order valence-corrected chi connectivity index (χ3v) is 3.65. The van der Waals surface area contributed by atoms with Crippen molar-refractivity contribution < 1.29 is 19.0 Å². The molecular weight excluding hydrogens is 284 g/mol. The molecule has 122 valence electrons. The summed E-state index contributed by atoms with van der Waals surface area (Å²) >= 11 is 0. The number of rotatable bonds is 7. The third-order valence-electron chi connectivity index (χ3n) is 3.65. The number of hydrogen-bond acceptors (Lipinski definition) is 6. The van der Waals surface area contributed by atoms with Gasteiger partial charge in [0, 0.05) is 39.0 Å². The van der Waals surface area contributed by atoms with Crippen LogP contribution in [0.1, 0.15) is 15.9 Å². The molecule has 0 aliphatic carbocycles. The first-order valence-corrected chi connectivity index (χ1v) is 7.48. The Hall–Kier alpha value is -1.63. The number of carbonyl (C=O) groups is 1. The molecule has 0 unspecified atom stereocenters. The molecule has 1 N–H and O–H groups in total. The van der Waals surface area contributed by atoms with Gasteiger partial charge in [0.05, 0.1) is 32.5 Å². The van der Waals surface area contributed by atoms with E-state index in [0.29, 0.717) is 18.7 Å². The Labute approximate surface area is 131 Å². The summed E-state index contributed by atoms with van der Waals surface area (Å²) in [5, 5.41) is 3.33. The van der Waals surface area contributed by atoms with E-state index in [0.717, 1.165) is 44.1 Å². The van der Waals surface area contributed by atoms with E-state index in [-0.39, 0.29) is 5.97 Å². The van der Waals surface area contributed by atoms with Crippen LogP contribution in [0.3, 0.4) is 0 Å². The van der Waals surface area contributed by atoms with Gasteiger partial charge in [-0.2, -0.15) is 0 Å². The second kappa shape index (κ2) is 8.73. The Morgan fingerprint density at radius 1 is 1.32 bits per heavy atom. The van der Waals surface area contributed by atoms with Crippen molar-refractivity contribution in [3.8, 4) is 0 Å². The number of nitrogens with zero attached hydrogens (tertiary/aromatic N) is 1. The zero-order chi connectivity index (χ0) is 15.8. The molecule has 2 rings (SSSR count). The number of anilines is 1. The minimum absolute atomic E-state index is 0.326. The van der Waals surface area contributed by atoms with Gasteiger partial charge in [-0.15, -0.1) is 0 Å². The summed E-state index contributed by atoms with van der Waals surface area (Å²) in [5.74, 6) is -0.326. The molecule has 0 aromatic heterocycles. The van der Waals surface area contributed by atoms with Gasteiger partial charge < -0.3 is 19.5 Å². The van der Waals surface area contributed by atoms with Crippen LogP contribution in [0.2, 0.25) is 0 Å². The fourth-order valence-corrected chi connectivity index (χ4v) is 2.41. The number of morpholine rings is 1. The van der Waals surface area contributed by atoms with Crippen LogP contribution >= 0.6 is 0 Å². The van der Waals surface area contributed by atoms with Crippen molar-refractivity contribution in [1.82, 2.24) is 4.90 Å². The minimum atomic E-state index is -0.326. The van der Waals surface area contributed by atoms with Crippen molar-refractivity contribution in [1.29, 1.82) is 0 Å². The lowest BCUT2D eigenvalue weighted by atomic mass is 10.1. The summed E-state index contributed by atoms with van der Waals surface area (Å²) in [4.78, 5) is 14.0. The fraction of sp³-hybridized carbons (Fsp3) is 0.562. The second-order valence-electron chi connectivity index (χ2n) is 5.17. The van der Waals surface area contributed by atoms with Crippen molar-refractivity contribution in [2.75, 3.05) is 59.0 Å². The molecule has 1 heterocycles. The van der Waals surface area contributed by atoms with Crippen molar-refractivity contribution in [3.05, 3.63) is 29.3 Å². The molecule has 1 aromatic carbocycles. The first-order chi connectivity index (χ1) is 10.7. The zero-order valence-electron chi connectivity index (χ0n) is 13.3. The van der Waals surface area contributed by atoms with E-state index < -0.39 is 0 Å². The monoisotopic (exact) mass is 308 g/mol. The quantitative estimate of drug-likeness (QED) is 0.606. The molecule has 1 saturated heterocycles. The van der Waals surface area contributed by atoms with Gasteiger partial charge in [-0.1, -0.05) is 6.07 Å². The van der Waals surface area contributed by atoms with Crippen molar-refractivity contribution in [2.45, 2.75) is 6.54 Å². The van der Waals surface area contributed by atoms with Gasteiger partial charge in [0.15, 0.2) is 0 Å². The Morgan fingerprint density at radius 3 is 2.77 bits per heavy atom. The number of esters is 1. The van der Waals surface area contributed by atoms with E-state index >= 15 is 0 Å². The fourth-order valence-electron chi connectivity index (χ4n) is 2.41. The first-order valence-electron chi connectivity index (χ1n) is 7.48. The molecule has 0 spiro atoms. The lowest BCUT2D eigenvalue weighted by Gasteiger charge is -2.27. The molecule has 1 fully saturated rings. The van der Waals surface area contributed by atoms with Gasteiger partial charge >= 0.3 is 5.97 Å². The summed E-state index contributed by atoms with van der Waals surface area (Å²) in [5.41, 5.74) is 2.66. The smallest absolute Gasteiger partial charge is 0.337 e. The van der Waals surface area contributed by atoms with Gasteiger partial charge in [-0.3, -0.25) is 4.90 Å². The Kier molecular flexibility index (Phi) is 6.64. The Bertz CT molecular complexity index is 487. The normalized spacial score (nSPS) is 15.5. The van der Waals surface area contributed by atoms with Crippen molar-refractivity contribution in [3.63, 3.8) is 0 Å². The lowest BCUT2D eigenvalue weighted by Crippen LogP contribution is -2.35. The number of hydrogen-bond donors (Lipinski definition) is 1. The van der Waals surface area contributed by atoms with Crippen LogP contribution in [0.4, 0.5) is 5.69 Å². The summed E-state index contributed by atoms with van der Waals surface area (Å²) in [6, 6.07) is 5.64. The van der Waals surface area contributed by atoms with Crippen LogP contribution in [0, 0.1) is 0 Å². The van der Waals surface area contributed by atoms with E-state index in [4.69, 9.17) is 14.2 Å². The molecule has 6 nitrogen and oxygen atoms in total. The van der Waals surface area contributed by atoms with Crippen LogP contribution in [-0.4, -0.2) is 64.5 Å². The maximum atomic E-state index is 11.7. The van der Waals surface area contributed by atoms with E-state index in [1.807, 2.05) is 18.2 Å². The molecule has 1 aliphatic heterocycles. The average Bonchev–Trinajstić information content (AvgIpc) is 2.56. The van der Waals surface area contributed by atoms with Crippen LogP contribution in [-0.2, 0) is 20.8 Å². The first kappa shape index (κ1) is 16.7. The molecule has 0 amide bonds. The third kappa shape index (κ3) is 4.69. The molecule has 0 atom stereocenters. The summed E-state index contributed by atoms with van der Waals surface area (Å²) in [7, 11) is 3.06. The van der Waals surface area contributed by atoms with Crippen LogP contribution in [0.15, 0.2) is 18.2 Å². The highest BCUT2D eigenvalue weighted by Crippen LogP contribution is 2.21. The number of nitrogens with one attached hydrogen (secondary N) is 1. The van der Waals surface area contributed by atoms with E-state index in [9.17, 15) is 4.79 Å². The molecule has 0 saturated carbocycles. The van der Waals surface area contributed by atoms with Crippen LogP contribution in [0.25, 0.3) is 0 Å². The second-order valence-corrected chi connectivity index (χ2v) is 5.17. The van der Waals surface area contributed by atoms with E-state index in [2.05, 4.69) is 10.2 Å². The molecular formula is C16H24N2O4. The highest BCUT2D eigenvalue weighted by molar-refractivity contribution is 5.90. The van der Waals surface area contributed by atoms with Crippen molar-refractivity contribution >= 4 is 11.7 Å². The highest BCUT2D eigenvalue weighted by Gasteiger charge is 2.15. The van der Waals surface area contributed by atoms with Crippen LogP contribution < -0.4 is 5.32 Å². The average molecular weight is 308 g/mol. The lowest BCUT2D eigenvalue weighted by molar-refractivity contribution is 0.0342. The zero-order valence-corrected chi connectivity index (χ0v) is 13.3. The largest absolute Gasteiger partial charge is 0.465 e. The molecule has 1 aliphatic rings. The summed E-state index contributed by atoms with van der Waals surface area (Å²) < 4.78 is 15.2. The summed E-state index contributed by atoms with van der Waals surface area (Å²) in [6.45, 7) is 5.53. The predicted octanol–water partition coefficient (Wildman–Crippen LogP) is 1.36. The van der Waals surface area contributed by atoms with E-state index in [1.54, 1.807) is 7.11 Å². The summed E-state index contributed by atoms with van der Waals surface area (Å²) in [6.07, 6.45) is 0. The number of ether oxygens (including phenoxy) is 3. The molecule has 1 aromatic rings. The van der Waals surface area contributed by atoms with Gasteiger partial charge in [0.25, 0.3) is 0 Å². The maximum Gasteiger partial charge on any atom is 0.337 e. The SMILES string of the molecule is COCCNc1cc(C(=O)OC)ccc1CN1CCOCC1.